The first kappa shape index (κ1) is 11.6. The van der Waals surface area contributed by atoms with E-state index in [-0.39, 0.29) is 0 Å². The van der Waals surface area contributed by atoms with Crippen LogP contribution in [0.2, 0.25) is 0 Å². The highest BCUT2D eigenvalue weighted by Crippen LogP contribution is 2.25. The standard InChI is InChI=1S/C13H23N3/c1-2-14-8-13-9-15-11-16(13)10-12-6-4-3-5-7-12/h9,11-12,14H,2-8,10H2,1H3. The Hall–Kier alpha value is -0.830. The largest absolute Gasteiger partial charge is 0.333 e. The third-order valence-corrected chi connectivity index (χ3v) is 3.53. The lowest BCUT2D eigenvalue weighted by Crippen LogP contribution is -2.19. The quantitative estimate of drug-likeness (QED) is 0.828. The molecule has 90 valence electrons. The summed E-state index contributed by atoms with van der Waals surface area (Å²) in [7, 11) is 0. The Morgan fingerprint density at radius 2 is 2.19 bits per heavy atom. The van der Waals surface area contributed by atoms with Crippen molar-refractivity contribution in [2.75, 3.05) is 6.54 Å². The normalized spacial score (nSPS) is 17.8. The van der Waals surface area contributed by atoms with E-state index < -0.39 is 0 Å². The van der Waals surface area contributed by atoms with Crippen LogP contribution >= 0.6 is 0 Å². The van der Waals surface area contributed by atoms with Crippen molar-refractivity contribution in [3.05, 3.63) is 18.2 Å². The molecule has 3 heteroatoms. The highest BCUT2D eigenvalue weighted by atomic mass is 15.1. The minimum atomic E-state index is 0.878. The van der Waals surface area contributed by atoms with Gasteiger partial charge in [0.1, 0.15) is 0 Å². The molecule has 1 aliphatic carbocycles. The lowest BCUT2D eigenvalue weighted by atomic mass is 9.89. The fraction of sp³-hybridized carbons (Fsp3) is 0.769. The first-order valence-corrected chi connectivity index (χ1v) is 6.60. The van der Waals surface area contributed by atoms with Gasteiger partial charge in [0.25, 0.3) is 0 Å². The van der Waals surface area contributed by atoms with Crippen molar-refractivity contribution in [2.24, 2.45) is 5.92 Å². The zero-order valence-corrected chi connectivity index (χ0v) is 10.3. The molecule has 0 amide bonds. The summed E-state index contributed by atoms with van der Waals surface area (Å²) in [5, 5.41) is 3.37. The Morgan fingerprint density at radius 1 is 1.38 bits per heavy atom. The molecule has 1 fully saturated rings. The molecule has 0 atom stereocenters. The van der Waals surface area contributed by atoms with Crippen LogP contribution < -0.4 is 5.32 Å². The summed E-state index contributed by atoms with van der Waals surface area (Å²) >= 11 is 0. The van der Waals surface area contributed by atoms with Crippen molar-refractivity contribution in [1.82, 2.24) is 14.9 Å². The summed E-state index contributed by atoms with van der Waals surface area (Å²) in [5.74, 6) is 0.878. The van der Waals surface area contributed by atoms with Gasteiger partial charge < -0.3 is 9.88 Å². The topological polar surface area (TPSA) is 29.9 Å². The molecular formula is C13H23N3. The molecule has 16 heavy (non-hydrogen) atoms. The highest BCUT2D eigenvalue weighted by Gasteiger charge is 2.14. The van der Waals surface area contributed by atoms with E-state index in [1.54, 1.807) is 0 Å². The highest BCUT2D eigenvalue weighted by molar-refractivity contribution is 4.98. The van der Waals surface area contributed by atoms with Crippen LogP contribution in [0.5, 0.6) is 0 Å². The average Bonchev–Trinajstić information content (AvgIpc) is 2.75. The van der Waals surface area contributed by atoms with Gasteiger partial charge in [0.05, 0.1) is 12.0 Å². The number of nitrogens with zero attached hydrogens (tertiary/aromatic N) is 2. The van der Waals surface area contributed by atoms with Gasteiger partial charge in [-0.25, -0.2) is 4.98 Å². The van der Waals surface area contributed by atoms with Gasteiger partial charge in [0.15, 0.2) is 0 Å². The first-order valence-electron chi connectivity index (χ1n) is 6.60. The molecule has 1 aliphatic rings. The third kappa shape index (κ3) is 3.08. The van der Waals surface area contributed by atoms with E-state index in [1.165, 1.54) is 44.3 Å². The SMILES string of the molecule is CCNCc1cncn1CC1CCCCC1. The Kier molecular flexibility index (Phi) is 4.40. The number of hydrogen-bond donors (Lipinski definition) is 1. The summed E-state index contributed by atoms with van der Waals surface area (Å²) < 4.78 is 2.33. The van der Waals surface area contributed by atoms with E-state index in [9.17, 15) is 0 Å². The van der Waals surface area contributed by atoms with Gasteiger partial charge in [0, 0.05) is 19.3 Å². The van der Waals surface area contributed by atoms with Crippen molar-refractivity contribution in [3.8, 4) is 0 Å². The maximum Gasteiger partial charge on any atom is 0.0948 e. The number of imidazole rings is 1. The molecule has 1 aromatic rings. The second kappa shape index (κ2) is 6.04. The van der Waals surface area contributed by atoms with Crippen LogP contribution in [-0.2, 0) is 13.1 Å². The van der Waals surface area contributed by atoms with Crippen molar-refractivity contribution in [1.29, 1.82) is 0 Å². The van der Waals surface area contributed by atoms with Crippen LogP contribution in [0.3, 0.4) is 0 Å². The van der Waals surface area contributed by atoms with Crippen LogP contribution in [-0.4, -0.2) is 16.1 Å². The van der Waals surface area contributed by atoms with Crippen LogP contribution in [0, 0.1) is 5.92 Å². The van der Waals surface area contributed by atoms with E-state index in [2.05, 4.69) is 21.8 Å². The third-order valence-electron chi connectivity index (χ3n) is 3.53. The number of nitrogens with one attached hydrogen (secondary N) is 1. The van der Waals surface area contributed by atoms with Gasteiger partial charge in [-0.2, -0.15) is 0 Å². The summed E-state index contributed by atoms with van der Waals surface area (Å²) in [5.41, 5.74) is 1.33. The second-order valence-corrected chi connectivity index (χ2v) is 4.82. The number of hydrogen-bond acceptors (Lipinski definition) is 2. The Bertz CT molecular complexity index is 300. The van der Waals surface area contributed by atoms with Crippen LogP contribution in [0.25, 0.3) is 0 Å². The summed E-state index contributed by atoms with van der Waals surface area (Å²) in [6.07, 6.45) is 11.1. The molecule has 3 nitrogen and oxygen atoms in total. The molecule has 0 saturated heterocycles. The van der Waals surface area contributed by atoms with E-state index in [0.717, 1.165) is 19.0 Å². The summed E-state index contributed by atoms with van der Waals surface area (Å²) in [6.45, 7) is 5.28. The molecule has 0 bridgehead atoms. The second-order valence-electron chi connectivity index (χ2n) is 4.82. The van der Waals surface area contributed by atoms with Crippen LogP contribution in [0.1, 0.15) is 44.7 Å². The zero-order chi connectivity index (χ0) is 11.2. The predicted octanol–water partition coefficient (Wildman–Crippen LogP) is 2.57. The average molecular weight is 221 g/mol. The van der Waals surface area contributed by atoms with Gasteiger partial charge in [-0.15, -0.1) is 0 Å². The van der Waals surface area contributed by atoms with Crippen molar-refractivity contribution >= 4 is 0 Å². The summed E-state index contributed by atoms with van der Waals surface area (Å²) in [4.78, 5) is 4.26. The molecule has 0 radical (unpaired) electrons. The molecule has 1 heterocycles. The molecule has 1 aromatic heterocycles. The Balaban J connectivity index is 1.89. The molecular weight excluding hydrogens is 198 g/mol. The Labute approximate surface area is 98.3 Å². The lowest BCUT2D eigenvalue weighted by molar-refractivity contribution is 0.315. The fourth-order valence-electron chi connectivity index (χ4n) is 2.56. The van der Waals surface area contributed by atoms with Crippen LogP contribution in [0.4, 0.5) is 0 Å². The maximum absolute atomic E-state index is 4.26. The molecule has 0 unspecified atom stereocenters. The molecule has 0 aromatic carbocycles. The zero-order valence-electron chi connectivity index (χ0n) is 10.3. The predicted molar refractivity (Wildman–Crippen MR) is 66.2 cm³/mol. The molecule has 1 N–H and O–H groups in total. The molecule has 0 spiro atoms. The van der Waals surface area contributed by atoms with E-state index in [0.29, 0.717) is 0 Å². The smallest absolute Gasteiger partial charge is 0.0948 e. The van der Waals surface area contributed by atoms with Crippen molar-refractivity contribution in [2.45, 2.75) is 52.1 Å². The van der Waals surface area contributed by atoms with Crippen molar-refractivity contribution < 1.29 is 0 Å². The van der Waals surface area contributed by atoms with E-state index in [4.69, 9.17) is 0 Å². The maximum atomic E-state index is 4.26. The fourth-order valence-corrected chi connectivity index (χ4v) is 2.56. The summed E-state index contributed by atoms with van der Waals surface area (Å²) in [6, 6.07) is 0. The van der Waals surface area contributed by atoms with E-state index >= 15 is 0 Å². The van der Waals surface area contributed by atoms with E-state index in [1.807, 2.05) is 12.5 Å². The monoisotopic (exact) mass is 221 g/mol. The number of rotatable bonds is 5. The molecule has 1 saturated carbocycles. The molecule has 2 rings (SSSR count). The minimum Gasteiger partial charge on any atom is -0.333 e. The Morgan fingerprint density at radius 3 is 2.94 bits per heavy atom. The van der Waals surface area contributed by atoms with Crippen LogP contribution in [0.15, 0.2) is 12.5 Å². The first-order chi connectivity index (χ1) is 7.90. The van der Waals surface area contributed by atoms with Gasteiger partial charge >= 0.3 is 0 Å². The minimum absolute atomic E-state index is 0.878. The number of aromatic nitrogens is 2. The van der Waals surface area contributed by atoms with Gasteiger partial charge in [-0.05, 0) is 25.3 Å². The lowest BCUT2D eigenvalue weighted by Gasteiger charge is -2.22. The van der Waals surface area contributed by atoms with Crippen molar-refractivity contribution in [3.63, 3.8) is 0 Å². The van der Waals surface area contributed by atoms with Gasteiger partial charge in [-0.1, -0.05) is 26.2 Å². The molecule has 0 aliphatic heterocycles. The van der Waals surface area contributed by atoms with Gasteiger partial charge in [-0.3, -0.25) is 0 Å². The van der Waals surface area contributed by atoms with Gasteiger partial charge in [0.2, 0.25) is 0 Å².